The minimum absolute atomic E-state index is 0.0621. The fourth-order valence-corrected chi connectivity index (χ4v) is 1.23. The van der Waals surface area contributed by atoms with Gasteiger partial charge >= 0.3 is 0 Å². The lowest BCUT2D eigenvalue weighted by Gasteiger charge is -2.04. The molecule has 0 aliphatic rings. The van der Waals surface area contributed by atoms with Crippen molar-refractivity contribution in [3.63, 3.8) is 0 Å². The van der Waals surface area contributed by atoms with Gasteiger partial charge in [-0.3, -0.25) is 0 Å². The summed E-state index contributed by atoms with van der Waals surface area (Å²) in [7, 11) is 0. The fraction of sp³-hybridized carbons (Fsp3) is 0.375. The number of pyridine rings is 1. The van der Waals surface area contributed by atoms with E-state index >= 15 is 0 Å². The Kier molecular flexibility index (Phi) is 2.73. The lowest BCUT2D eigenvalue weighted by molar-refractivity contribution is -0.752. The fourth-order valence-electron chi connectivity index (χ4n) is 1.23. The van der Waals surface area contributed by atoms with E-state index in [0.717, 1.165) is 0 Å². The summed E-state index contributed by atoms with van der Waals surface area (Å²) < 4.78 is 0. The second-order valence-corrected chi connectivity index (χ2v) is 3.33. The van der Waals surface area contributed by atoms with Crippen molar-refractivity contribution >= 4 is 5.82 Å². The van der Waals surface area contributed by atoms with Gasteiger partial charge in [0.15, 0.2) is 11.0 Å². The Morgan fingerprint density at radius 3 is 3.06 bits per heavy atom. The van der Waals surface area contributed by atoms with E-state index in [9.17, 15) is 0 Å². The number of rotatable bonds is 3. The summed E-state index contributed by atoms with van der Waals surface area (Å²) in [5, 5.41) is 20.1. The summed E-state index contributed by atoms with van der Waals surface area (Å²) in [5.41, 5.74) is 5.57. The van der Waals surface area contributed by atoms with E-state index in [0.29, 0.717) is 11.6 Å². The lowest BCUT2D eigenvalue weighted by atomic mass is 10.4. The molecule has 0 fully saturated rings. The Morgan fingerprint density at radius 2 is 2.38 bits per heavy atom. The number of aromatic nitrogens is 6. The first kappa shape index (κ1) is 10.4. The Balaban J connectivity index is 2.44. The van der Waals surface area contributed by atoms with Gasteiger partial charge in [-0.2, -0.15) is 0 Å². The van der Waals surface area contributed by atoms with Gasteiger partial charge in [0.25, 0.3) is 5.82 Å². The standard InChI is InChI=1S/C8H12N7O/c1-6(5-16)14-12-11-13-15(14)8-4-2-3-7(9)10-8/h2-4,6,16H,5H2,1H3,(H2,9,10)/q+1/t6-/m1/s1. The zero-order valence-electron chi connectivity index (χ0n) is 8.72. The van der Waals surface area contributed by atoms with Crippen LogP contribution in [-0.2, 0) is 0 Å². The second kappa shape index (κ2) is 4.19. The van der Waals surface area contributed by atoms with Crippen LogP contribution in [0.2, 0.25) is 0 Å². The predicted molar refractivity (Wildman–Crippen MR) is 53.4 cm³/mol. The van der Waals surface area contributed by atoms with Crippen LogP contribution in [0.1, 0.15) is 13.0 Å². The molecule has 0 bridgehead atoms. The Hall–Kier alpha value is -2.09. The molecule has 0 unspecified atom stereocenters. The lowest BCUT2D eigenvalue weighted by Crippen LogP contribution is -2.46. The van der Waals surface area contributed by atoms with Crippen molar-refractivity contribution in [2.24, 2.45) is 0 Å². The molecule has 0 amide bonds. The molecule has 84 valence electrons. The first-order valence-electron chi connectivity index (χ1n) is 4.76. The van der Waals surface area contributed by atoms with Crippen LogP contribution in [0, 0.1) is 0 Å². The zero-order valence-corrected chi connectivity index (χ0v) is 8.72. The van der Waals surface area contributed by atoms with Gasteiger partial charge in [0.1, 0.15) is 16.5 Å². The van der Waals surface area contributed by atoms with Crippen molar-refractivity contribution in [3.05, 3.63) is 18.2 Å². The first-order valence-corrected chi connectivity index (χ1v) is 4.76. The zero-order chi connectivity index (χ0) is 11.5. The minimum Gasteiger partial charge on any atom is -0.394 e. The third kappa shape index (κ3) is 1.82. The summed E-state index contributed by atoms with van der Waals surface area (Å²) >= 11 is 0. The summed E-state index contributed by atoms with van der Waals surface area (Å²) in [5.74, 6) is 0.890. The molecule has 3 N–H and O–H groups in total. The highest BCUT2D eigenvalue weighted by Crippen LogP contribution is 2.01. The van der Waals surface area contributed by atoms with E-state index in [-0.39, 0.29) is 12.6 Å². The van der Waals surface area contributed by atoms with Gasteiger partial charge in [0.05, 0.1) is 6.61 Å². The molecule has 8 nitrogen and oxygen atoms in total. The van der Waals surface area contributed by atoms with Crippen LogP contribution in [0.3, 0.4) is 0 Å². The molecule has 2 aromatic rings. The van der Waals surface area contributed by atoms with Gasteiger partial charge in [0, 0.05) is 6.07 Å². The first-order chi connectivity index (χ1) is 7.72. The van der Waals surface area contributed by atoms with Crippen molar-refractivity contribution in [1.29, 1.82) is 0 Å². The van der Waals surface area contributed by atoms with Crippen LogP contribution in [0.4, 0.5) is 5.82 Å². The molecule has 0 saturated carbocycles. The second-order valence-electron chi connectivity index (χ2n) is 3.33. The highest BCUT2D eigenvalue weighted by Gasteiger charge is 2.19. The molecule has 0 radical (unpaired) electrons. The summed E-state index contributed by atoms with van der Waals surface area (Å²) in [6.07, 6.45) is 0. The van der Waals surface area contributed by atoms with Crippen LogP contribution in [0.25, 0.3) is 5.82 Å². The number of nitrogens with zero attached hydrogens (tertiary/aromatic N) is 6. The smallest absolute Gasteiger partial charge is 0.278 e. The molecule has 16 heavy (non-hydrogen) atoms. The molecular formula is C8H12N7O+. The molecule has 2 rings (SSSR count). The van der Waals surface area contributed by atoms with Crippen molar-refractivity contribution in [2.45, 2.75) is 13.0 Å². The number of anilines is 1. The maximum absolute atomic E-state index is 9.06. The average molecular weight is 222 g/mol. The third-order valence-electron chi connectivity index (χ3n) is 2.07. The predicted octanol–water partition coefficient (Wildman–Crippen LogP) is -1.52. The van der Waals surface area contributed by atoms with Gasteiger partial charge in [-0.1, -0.05) is 10.9 Å². The van der Waals surface area contributed by atoms with Crippen LogP contribution in [-0.4, -0.2) is 37.1 Å². The average Bonchev–Trinajstić information content (AvgIpc) is 2.77. The molecular weight excluding hydrogens is 210 g/mol. The highest BCUT2D eigenvalue weighted by atomic mass is 16.3. The van der Waals surface area contributed by atoms with Gasteiger partial charge in [0.2, 0.25) is 0 Å². The number of hydrogen-bond acceptors (Lipinski definition) is 6. The number of hydrogen-bond donors (Lipinski definition) is 2. The molecule has 0 aliphatic carbocycles. The maximum Gasteiger partial charge on any atom is 0.278 e. The van der Waals surface area contributed by atoms with Crippen molar-refractivity contribution < 1.29 is 9.90 Å². The van der Waals surface area contributed by atoms with E-state index in [2.05, 4.69) is 20.6 Å². The minimum atomic E-state index is -0.238. The monoisotopic (exact) mass is 222 g/mol. The van der Waals surface area contributed by atoms with Crippen molar-refractivity contribution in [1.82, 2.24) is 25.4 Å². The van der Waals surface area contributed by atoms with Gasteiger partial charge in [-0.25, -0.2) is 0 Å². The van der Waals surface area contributed by atoms with Crippen molar-refractivity contribution in [2.75, 3.05) is 12.3 Å². The van der Waals surface area contributed by atoms with E-state index in [1.54, 1.807) is 25.1 Å². The van der Waals surface area contributed by atoms with E-state index < -0.39 is 0 Å². The topological polar surface area (TPSA) is 107 Å². The van der Waals surface area contributed by atoms with Crippen LogP contribution < -0.4 is 10.5 Å². The van der Waals surface area contributed by atoms with E-state index in [1.165, 1.54) is 9.59 Å². The van der Waals surface area contributed by atoms with Gasteiger partial charge in [-0.05, 0) is 17.8 Å². The maximum atomic E-state index is 9.06. The van der Waals surface area contributed by atoms with Crippen LogP contribution in [0.15, 0.2) is 18.2 Å². The molecule has 1 atom stereocenters. The number of aliphatic hydroxyl groups excluding tert-OH is 1. The third-order valence-corrected chi connectivity index (χ3v) is 2.07. The molecule has 8 heteroatoms. The summed E-state index contributed by atoms with van der Waals surface area (Å²) in [6, 6.07) is 4.92. The Morgan fingerprint density at radius 1 is 1.56 bits per heavy atom. The molecule has 2 aromatic heterocycles. The van der Waals surface area contributed by atoms with Crippen LogP contribution in [0.5, 0.6) is 0 Å². The number of nitrogen functional groups attached to an aromatic ring is 1. The number of nitrogens with two attached hydrogens (primary N) is 1. The SMILES string of the molecule is C[C@H](CO)n1nnn[n+]1-c1cccc(N)n1. The molecule has 2 heterocycles. The van der Waals surface area contributed by atoms with E-state index in [1.807, 2.05) is 0 Å². The molecule has 0 aliphatic heterocycles. The number of aliphatic hydroxyl groups is 1. The normalized spacial score (nSPS) is 12.6. The quantitative estimate of drug-likeness (QED) is 0.611. The van der Waals surface area contributed by atoms with Gasteiger partial charge < -0.3 is 10.8 Å². The molecule has 0 spiro atoms. The summed E-state index contributed by atoms with van der Waals surface area (Å²) in [4.78, 5) is 6.91. The molecule has 0 saturated heterocycles. The van der Waals surface area contributed by atoms with E-state index in [4.69, 9.17) is 10.8 Å². The van der Waals surface area contributed by atoms with Gasteiger partial charge in [-0.15, -0.1) is 4.98 Å². The Bertz CT molecular complexity index is 483. The highest BCUT2D eigenvalue weighted by molar-refractivity contribution is 5.30. The largest absolute Gasteiger partial charge is 0.394 e. The Labute approximate surface area is 91.3 Å². The molecule has 0 aromatic carbocycles. The van der Waals surface area contributed by atoms with Crippen molar-refractivity contribution in [3.8, 4) is 5.82 Å². The summed E-state index contributed by atoms with van der Waals surface area (Å²) in [6.45, 7) is 1.73. The van der Waals surface area contributed by atoms with Crippen LogP contribution >= 0.6 is 0 Å².